The zero-order valence-electron chi connectivity index (χ0n) is 11.2. The van der Waals surface area contributed by atoms with E-state index in [0.29, 0.717) is 39.1 Å². The van der Waals surface area contributed by atoms with Crippen LogP contribution < -0.4 is 5.73 Å². The van der Waals surface area contributed by atoms with Gasteiger partial charge in [0.05, 0.1) is 19.1 Å². The Morgan fingerprint density at radius 3 is 2.35 bits per heavy atom. The van der Waals surface area contributed by atoms with Crippen molar-refractivity contribution in [2.24, 2.45) is 11.7 Å². The van der Waals surface area contributed by atoms with Crippen LogP contribution in [0.5, 0.6) is 0 Å². The number of amides is 3. The molecule has 2 fully saturated rings. The zero-order valence-corrected chi connectivity index (χ0v) is 11.2. The molecular weight excluding hydrogens is 266 g/mol. The van der Waals surface area contributed by atoms with Crippen molar-refractivity contribution in [2.75, 3.05) is 32.8 Å². The molecule has 0 aromatic carbocycles. The first-order chi connectivity index (χ1) is 9.50. The summed E-state index contributed by atoms with van der Waals surface area (Å²) in [6, 6.07) is -1.01. The van der Waals surface area contributed by atoms with Crippen molar-refractivity contribution < 1.29 is 24.2 Å². The van der Waals surface area contributed by atoms with Crippen molar-refractivity contribution in [1.29, 1.82) is 0 Å². The van der Waals surface area contributed by atoms with Gasteiger partial charge in [-0.2, -0.15) is 0 Å². The summed E-state index contributed by atoms with van der Waals surface area (Å²) in [5.74, 6) is -1.80. The molecular formula is C12H19N3O5. The van der Waals surface area contributed by atoms with Gasteiger partial charge in [0.15, 0.2) is 0 Å². The Balaban J connectivity index is 1.97. The van der Waals surface area contributed by atoms with E-state index in [1.165, 1.54) is 4.90 Å². The van der Waals surface area contributed by atoms with E-state index in [9.17, 15) is 14.4 Å². The molecule has 3 N–H and O–H groups in total. The molecule has 2 heterocycles. The Kier molecular flexibility index (Phi) is 4.43. The normalized spacial score (nSPS) is 24.5. The van der Waals surface area contributed by atoms with Crippen molar-refractivity contribution in [3.05, 3.63) is 0 Å². The SMILES string of the molecule is NC(=O)C1COCCN1C(=O)N1CCC(C(=O)O)CC1. The smallest absolute Gasteiger partial charge is 0.320 e. The molecule has 2 aliphatic rings. The maximum absolute atomic E-state index is 12.4. The molecule has 2 saturated heterocycles. The number of carboxylic acid groups (broad SMARTS) is 1. The number of morpholine rings is 1. The Morgan fingerprint density at radius 2 is 1.80 bits per heavy atom. The number of hydrogen-bond donors (Lipinski definition) is 2. The minimum Gasteiger partial charge on any atom is -0.481 e. The number of carboxylic acids is 1. The number of nitrogens with zero attached hydrogens (tertiary/aromatic N) is 2. The Morgan fingerprint density at radius 1 is 1.15 bits per heavy atom. The third-order valence-electron chi connectivity index (χ3n) is 3.82. The molecule has 2 rings (SSSR count). The molecule has 0 aliphatic carbocycles. The van der Waals surface area contributed by atoms with E-state index >= 15 is 0 Å². The van der Waals surface area contributed by atoms with Crippen LogP contribution >= 0.6 is 0 Å². The Bertz CT molecular complexity index is 406. The second-order valence-corrected chi connectivity index (χ2v) is 5.07. The summed E-state index contributed by atoms with van der Waals surface area (Å²) >= 11 is 0. The number of primary amides is 1. The van der Waals surface area contributed by atoms with Crippen LogP contribution in [-0.2, 0) is 14.3 Å². The first-order valence-corrected chi connectivity index (χ1v) is 6.66. The first kappa shape index (κ1) is 14.6. The number of aliphatic carboxylic acids is 1. The second-order valence-electron chi connectivity index (χ2n) is 5.07. The quantitative estimate of drug-likeness (QED) is 0.682. The predicted molar refractivity (Wildman–Crippen MR) is 67.8 cm³/mol. The monoisotopic (exact) mass is 285 g/mol. The summed E-state index contributed by atoms with van der Waals surface area (Å²) in [5.41, 5.74) is 5.28. The van der Waals surface area contributed by atoms with E-state index in [4.69, 9.17) is 15.6 Å². The summed E-state index contributed by atoms with van der Waals surface area (Å²) in [6.45, 7) is 1.59. The van der Waals surface area contributed by atoms with E-state index in [-0.39, 0.29) is 12.6 Å². The number of carbonyl (C=O) groups is 3. The van der Waals surface area contributed by atoms with Gasteiger partial charge in [-0.25, -0.2) is 4.79 Å². The van der Waals surface area contributed by atoms with E-state index in [1.54, 1.807) is 4.90 Å². The number of urea groups is 1. The fourth-order valence-electron chi connectivity index (χ4n) is 2.57. The Labute approximate surface area is 116 Å². The van der Waals surface area contributed by atoms with Crippen molar-refractivity contribution in [3.63, 3.8) is 0 Å². The molecule has 3 amide bonds. The topological polar surface area (TPSA) is 113 Å². The summed E-state index contributed by atoms with van der Waals surface area (Å²) in [5, 5.41) is 8.94. The molecule has 0 saturated carbocycles. The summed E-state index contributed by atoms with van der Waals surface area (Å²) < 4.78 is 5.17. The summed E-state index contributed by atoms with van der Waals surface area (Å²) in [6.07, 6.45) is 0.874. The number of ether oxygens (including phenoxy) is 1. The number of likely N-dealkylation sites (tertiary alicyclic amines) is 1. The largest absolute Gasteiger partial charge is 0.481 e. The average molecular weight is 285 g/mol. The van der Waals surface area contributed by atoms with Gasteiger partial charge in [-0.1, -0.05) is 0 Å². The minimum absolute atomic E-state index is 0.118. The Hall–Kier alpha value is -1.83. The molecule has 0 radical (unpaired) electrons. The lowest BCUT2D eigenvalue weighted by Crippen LogP contribution is -2.59. The van der Waals surface area contributed by atoms with Crippen LogP contribution in [0.25, 0.3) is 0 Å². The fraction of sp³-hybridized carbons (Fsp3) is 0.750. The van der Waals surface area contributed by atoms with Gasteiger partial charge < -0.3 is 25.4 Å². The van der Waals surface area contributed by atoms with Gasteiger partial charge in [0, 0.05) is 19.6 Å². The van der Waals surface area contributed by atoms with Gasteiger partial charge in [-0.05, 0) is 12.8 Å². The average Bonchev–Trinajstić information content (AvgIpc) is 2.46. The summed E-state index contributed by atoms with van der Waals surface area (Å²) in [7, 11) is 0. The van der Waals surface area contributed by atoms with Gasteiger partial charge in [-0.3, -0.25) is 9.59 Å². The van der Waals surface area contributed by atoms with Gasteiger partial charge in [0.1, 0.15) is 6.04 Å². The molecule has 20 heavy (non-hydrogen) atoms. The molecule has 0 aromatic rings. The summed E-state index contributed by atoms with van der Waals surface area (Å²) in [4.78, 5) is 37.6. The van der Waals surface area contributed by atoms with E-state index in [2.05, 4.69) is 0 Å². The highest BCUT2D eigenvalue weighted by atomic mass is 16.5. The van der Waals surface area contributed by atoms with E-state index in [0.717, 1.165) is 0 Å². The van der Waals surface area contributed by atoms with Gasteiger partial charge >= 0.3 is 12.0 Å². The highest BCUT2D eigenvalue weighted by Crippen LogP contribution is 2.20. The molecule has 112 valence electrons. The maximum Gasteiger partial charge on any atom is 0.320 e. The minimum atomic E-state index is -0.821. The lowest BCUT2D eigenvalue weighted by atomic mass is 9.97. The number of piperidine rings is 1. The van der Waals surface area contributed by atoms with E-state index in [1.807, 2.05) is 0 Å². The molecule has 1 unspecified atom stereocenters. The highest BCUT2D eigenvalue weighted by molar-refractivity contribution is 5.86. The molecule has 0 spiro atoms. The number of carbonyl (C=O) groups excluding carboxylic acids is 2. The fourth-order valence-corrected chi connectivity index (χ4v) is 2.57. The predicted octanol–water partition coefficient (Wildman–Crippen LogP) is -0.911. The third kappa shape index (κ3) is 3.01. The van der Waals surface area contributed by atoms with Crippen LogP contribution in [-0.4, -0.2) is 71.7 Å². The van der Waals surface area contributed by atoms with Gasteiger partial charge in [0.2, 0.25) is 5.91 Å². The lowest BCUT2D eigenvalue weighted by Gasteiger charge is -2.39. The van der Waals surface area contributed by atoms with Crippen LogP contribution in [0, 0.1) is 5.92 Å². The van der Waals surface area contributed by atoms with Crippen molar-refractivity contribution in [3.8, 4) is 0 Å². The van der Waals surface area contributed by atoms with Crippen LogP contribution in [0.3, 0.4) is 0 Å². The molecule has 8 nitrogen and oxygen atoms in total. The van der Waals surface area contributed by atoms with Crippen LogP contribution in [0.15, 0.2) is 0 Å². The lowest BCUT2D eigenvalue weighted by molar-refractivity contribution is -0.143. The molecule has 1 atom stereocenters. The molecule has 8 heteroatoms. The number of hydrogen-bond acceptors (Lipinski definition) is 4. The second kappa shape index (κ2) is 6.08. The van der Waals surface area contributed by atoms with Crippen molar-refractivity contribution in [1.82, 2.24) is 9.80 Å². The molecule has 0 aromatic heterocycles. The van der Waals surface area contributed by atoms with E-state index < -0.39 is 23.8 Å². The number of nitrogens with two attached hydrogens (primary N) is 1. The molecule has 2 aliphatic heterocycles. The van der Waals surface area contributed by atoms with Crippen molar-refractivity contribution in [2.45, 2.75) is 18.9 Å². The maximum atomic E-state index is 12.4. The van der Waals surface area contributed by atoms with Crippen LogP contribution in [0.2, 0.25) is 0 Å². The highest BCUT2D eigenvalue weighted by Gasteiger charge is 2.36. The van der Waals surface area contributed by atoms with Crippen molar-refractivity contribution >= 4 is 17.9 Å². The van der Waals surface area contributed by atoms with Crippen LogP contribution in [0.4, 0.5) is 4.79 Å². The van der Waals surface area contributed by atoms with Gasteiger partial charge in [-0.15, -0.1) is 0 Å². The third-order valence-corrected chi connectivity index (χ3v) is 3.82. The molecule has 0 bridgehead atoms. The standard InChI is InChI=1S/C12H19N3O5/c13-10(16)9-7-20-6-5-15(9)12(19)14-3-1-8(2-4-14)11(17)18/h8-9H,1-7H2,(H2,13,16)(H,17,18). The van der Waals surface area contributed by atoms with Gasteiger partial charge in [0.25, 0.3) is 0 Å². The number of rotatable bonds is 2. The van der Waals surface area contributed by atoms with Crippen LogP contribution in [0.1, 0.15) is 12.8 Å². The first-order valence-electron chi connectivity index (χ1n) is 6.66. The zero-order chi connectivity index (χ0) is 14.7.